The number of aryl methyl sites for hydroxylation is 3. The van der Waals surface area contributed by atoms with Crippen LogP contribution >= 0.6 is 11.3 Å². The zero-order chi connectivity index (χ0) is 21.0. The maximum Gasteiger partial charge on any atom is 0.309 e. The maximum absolute atomic E-state index is 12.8. The number of benzene rings is 1. The molecule has 1 amide bonds. The molecule has 29 heavy (non-hydrogen) atoms. The predicted octanol–water partition coefficient (Wildman–Crippen LogP) is 4.67. The van der Waals surface area contributed by atoms with Gasteiger partial charge in [-0.15, -0.1) is 11.3 Å². The van der Waals surface area contributed by atoms with Crippen LogP contribution < -0.4 is 4.74 Å². The van der Waals surface area contributed by atoms with Crippen molar-refractivity contribution in [2.45, 2.75) is 47.1 Å². The third-order valence-corrected chi connectivity index (χ3v) is 6.22. The number of likely N-dealkylation sites (tertiary alicyclic amines) is 1. The molecule has 0 bridgehead atoms. The molecule has 0 unspecified atom stereocenters. The molecule has 0 radical (unpaired) electrons. The summed E-state index contributed by atoms with van der Waals surface area (Å²) in [5.74, 6) is 0.714. The van der Waals surface area contributed by atoms with E-state index < -0.39 is 0 Å². The van der Waals surface area contributed by atoms with E-state index >= 15 is 0 Å². The lowest BCUT2D eigenvalue weighted by molar-refractivity contribution is -0.149. The summed E-state index contributed by atoms with van der Waals surface area (Å²) in [5.41, 5.74) is 4.47. The second-order valence-corrected chi connectivity index (χ2v) is 8.57. The molecule has 5 nitrogen and oxygen atoms in total. The van der Waals surface area contributed by atoms with Crippen molar-refractivity contribution in [3.63, 3.8) is 0 Å². The Balaban J connectivity index is 1.56. The van der Waals surface area contributed by atoms with Gasteiger partial charge in [-0.3, -0.25) is 9.59 Å². The van der Waals surface area contributed by atoms with Crippen LogP contribution in [-0.2, 0) is 16.1 Å². The van der Waals surface area contributed by atoms with Crippen LogP contribution in [0.5, 0.6) is 5.75 Å². The van der Waals surface area contributed by atoms with Gasteiger partial charge in [0, 0.05) is 18.7 Å². The fourth-order valence-electron chi connectivity index (χ4n) is 3.85. The van der Waals surface area contributed by atoms with Crippen molar-refractivity contribution in [1.82, 2.24) is 4.90 Å². The molecule has 156 valence electrons. The predicted molar refractivity (Wildman–Crippen MR) is 115 cm³/mol. The van der Waals surface area contributed by atoms with Crippen LogP contribution in [0.3, 0.4) is 0 Å². The van der Waals surface area contributed by atoms with E-state index in [0.29, 0.717) is 39.1 Å². The number of carbonyl (C=O) groups is 2. The van der Waals surface area contributed by atoms with Crippen molar-refractivity contribution >= 4 is 23.2 Å². The van der Waals surface area contributed by atoms with E-state index in [1.54, 1.807) is 0 Å². The summed E-state index contributed by atoms with van der Waals surface area (Å²) >= 11 is 1.45. The maximum atomic E-state index is 12.8. The van der Waals surface area contributed by atoms with Crippen molar-refractivity contribution < 1.29 is 19.1 Å². The molecule has 1 saturated heterocycles. The van der Waals surface area contributed by atoms with Crippen LogP contribution in [0.25, 0.3) is 0 Å². The second-order valence-electron chi connectivity index (χ2n) is 7.65. The first kappa shape index (κ1) is 21.4. The van der Waals surface area contributed by atoms with Gasteiger partial charge in [0.15, 0.2) is 0 Å². The van der Waals surface area contributed by atoms with E-state index in [4.69, 9.17) is 9.47 Å². The van der Waals surface area contributed by atoms with Gasteiger partial charge in [0.05, 0.1) is 17.4 Å². The number of carbonyl (C=O) groups excluding carboxylic acids is 2. The average Bonchev–Trinajstić information content (AvgIpc) is 3.16. The largest absolute Gasteiger partial charge is 0.488 e. The highest BCUT2D eigenvalue weighted by molar-refractivity contribution is 7.12. The molecule has 1 aromatic carbocycles. The van der Waals surface area contributed by atoms with Gasteiger partial charge in [0.1, 0.15) is 12.4 Å². The second kappa shape index (κ2) is 9.44. The minimum Gasteiger partial charge on any atom is -0.488 e. The molecule has 0 spiro atoms. The molecule has 0 N–H and O–H groups in total. The van der Waals surface area contributed by atoms with Crippen LogP contribution in [0.2, 0.25) is 0 Å². The first-order chi connectivity index (χ1) is 13.9. The average molecular weight is 416 g/mol. The van der Waals surface area contributed by atoms with Gasteiger partial charge in [-0.2, -0.15) is 0 Å². The summed E-state index contributed by atoms with van der Waals surface area (Å²) in [6.07, 6.45) is 1.33. The van der Waals surface area contributed by atoms with Gasteiger partial charge in [-0.25, -0.2) is 0 Å². The Hall–Kier alpha value is -2.34. The van der Waals surface area contributed by atoms with E-state index in [0.717, 1.165) is 27.3 Å². The number of nitrogens with zero attached hydrogens (tertiary/aromatic N) is 1. The fourth-order valence-corrected chi connectivity index (χ4v) is 4.71. The number of hydrogen-bond acceptors (Lipinski definition) is 5. The van der Waals surface area contributed by atoms with Gasteiger partial charge >= 0.3 is 5.97 Å². The summed E-state index contributed by atoms with van der Waals surface area (Å²) in [6, 6.07) is 6.15. The monoisotopic (exact) mass is 415 g/mol. The summed E-state index contributed by atoms with van der Waals surface area (Å²) in [7, 11) is 0. The van der Waals surface area contributed by atoms with Crippen LogP contribution in [0.4, 0.5) is 0 Å². The minimum atomic E-state index is -0.142. The summed E-state index contributed by atoms with van der Waals surface area (Å²) < 4.78 is 11.1. The van der Waals surface area contributed by atoms with Gasteiger partial charge in [0.2, 0.25) is 0 Å². The Kier molecular flexibility index (Phi) is 6.96. The van der Waals surface area contributed by atoms with Crippen molar-refractivity contribution in [1.29, 1.82) is 0 Å². The van der Waals surface area contributed by atoms with Gasteiger partial charge in [-0.1, -0.05) is 17.7 Å². The van der Waals surface area contributed by atoms with E-state index in [1.165, 1.54) is 16.9 Å². The fraction of sp³-hybridized carbons (Fsp3) is 0.478. The number of hydrogen-bond donors (Lipinski definition) is 0. The first-order valence-corrected chi connectivity index (χ1v) is 11.0. The molecular weight excluding hydrogens is 386 g/mol. The Morgan fingerprint density at radius 2 is 1.76 bits per heavy atom. The molecule has 2 heterocycles. The highest BCUT2D eigenvalue weighted by Gasteiger charge is 2.29. The number of esters is 1. The molecule has 2 aromatic rings. The quantitative estimate of drug-likeness (QED) is 0.644. The van der Waals surface area contributed by atoms with Gasteiger partial charge in [-0.05, 0) is 63.1 Å². The SMILES string of the molecule is CCOC(=O)C1CCN(C(=O)c2cc(COc3c(C)cc(C)cc3C)cs2)CC1. The van der Waals surface area contributed by atoms with Crippen molar-refractivity contribution in [3.8, 4) is 5.75 Å². The standard InChI is InChI=1S/C23H29NO4S/c1-5-27-23(26)19-6-8-24(9-7-19)22(25)20-12-18(14-29-20)13-28-21-16(3)10-15(2)11-17(21)4/h10-12,14,19H,5-9,13H2,1-4H3. The van der Waals surface area contributed by atoms with E-state index in [9.17, 15) is 9.59 Å². The van der Waals surface area contributed by atoms with Crippen LogP contribution in [-0.4, -0.2) is 36.5 Å². The number of amides is 1. The third kappa shape index (κ3) is 5.18. The summed E-state index contributed by atoms with van der Waals surface area (Å²) in [5, 5.41) is 1.98. The van der Waals surface area contributed by atoms with Crippen molar-refractivity contribution in [2.24, 2.45) is 5.92 Å². The Labute approximate surface area is 176 Å². The Bertz CT molecular complexity index is 858. The molecular formula is C23H29NO4S. The highest BCUT2D eigenvalue weighted by atomic mass is 32.1. The molecule has 6 heteroatoms. The van der Waals surface area contributed by atoms with Crippen molar-refractivity contribution in [3.05, 3.63) is 50.7 Å². The lowest BCUT2D eigenvalue weighted by Crippen LogP contribution is -2.40. The molecule has 0 aliphatic carbocycles. The molecule has 1 fully saturated rings. The van der Waals surface area contributed by atoms with E-state index in [2.05, 4.69) is 32.9 Å². The molecule has 1 aliphatic rings. The van der Waals surface area contributed by atoms with Crippen LogP contribution in [0, 0.1) is 26.7 Å². The van der Waals surface area contributed by atoms with Gasteiger partial charge in [0.25, 0.3) is 5.91 Å². The summed E-state index contributed by atoms with van der Waals surface area (Å²) in [4.78, 5) is 27.2. The normalized spacial score (nSPS) is 14.7. The summed E-state index contributed by atoms with van der Waals surface area (Å²) in [6.45, 7) is 10.0. The van der Waals surface area contributed by atoms with E-state index in [-0.39, 0.29) is 17.8 Å². The number of ether oxygens (including phenoxy) is 2. The first-order valence-electron chi connectivity index (χ1n) is 10.1. The Morgan fingerprint density at radius 1 is 1.10 bits per heavy atom. The smallest absolute Gasteiger partial charge is 0.309 e. The topological polar surface area (TPSA) is 55.8 Å². The number of thiophene rings is 1. The molecule has 0 saturated carbocycles. The van der Waals surface area contributed by atoms with Crippen LogP contribution in [0.15, 0.2) is 23.6 Å². The highest BCUT2D eigenvalue weighted by Crippen LogP contribution is 2.27. The molecule has 0 atom stereocenters. The lowest BCUT2D eigenvalue weighted by atomic mass is 9.97. The molecule has 1 aromatic heterocycles. The number of piperidine rings is 1. The minimum absolute atomic E-state index is 0.0336. The number of rotatable bonds is 6. The lowest BCUT2D eigenvalue weighted by Gasteiger charge is -2.30. The van der Waals surface area contributed by atoms with E-state index in [1.807, 2.05) is 23.3 Å². The Morgan fingerprint density at radius 3 is 2.38 bits per heavy atom. The van der Waals surface area contributed by atoms with Gasteiger partial charge < -0.3 is 14.4 Å². The molecule has 3 rings (SSSR count). The zero-order valence-corrected chi connectivity index (χ0v) is 18.4. The zero-order valence-electron chi connectivity index (χ0n) is 17.6. The molecule has 1 aliphatic heterocycles. The van der Waals surface area contributed by atoms with Crippen LogP contribution in [0.1, 0.15) is 51.7 Å². The third-order valence-electron chi connectivity index (χ3n) is 5.25. The van der Waals surface area contributed by atoms with Crippen molar-refractivity contribution in [2.75, 3.05) is 19.7 Å².